The number of ether oxygens (including phenoxy) is 1. The fourth-order valence-electron chi connectivity index (χ4n) is 5.53. The third-order valence-electron chi connectivity index (χ3n) is 7.54. The van der Waals surface area contributed by atoms with Gasteiger partial charge in [-0.15, -0.1) is 11.3 Å². The lowest BCUT2D eigenvalue weighted by molar-refractivity contribution is -0.137. The molecule has 194 valence electrons. The predicted octanol–water partition coefficient (Wildman–Crippen LogP) is 6.92. The van der Waals surface area contributed by atoms with Crippen LogP contribution in [-0.4, -0.2) is 47.7 Å². The van der Waals surface area contributed by atoms with E-state index in [1.807, 2.05) is 29.5 Å². The van der Waals surface area contributed by atoms with Crippen molar-refractivity contribution in [1.82, 2.24) is 9.88 Å². The maximum atomic E-state index is 15.5. The molecule has 3 heterocycles. The number of carboxylic acids is 1. The van der Waals surface area contributed by atoms with Crippen LogP contribution in [0.1, 0.15) is 61.6 Å². The molecule has 1 aliphatic rings. The predicted molar refractivity (Wildman–Crippen MR) is 144 cm³/mol. The second-order valence-electron chi connectivity index (χ2n) is 9.91. The van der Waals surface area contributed by atoms with Crippen molar-refractivity contribution in [2.75, 3.05) is 26.7 Å². The minimum Gasteiger partial charge on any atom is -0.497 e. The molecular weight excluding hydrogens is 475 g/mol. The normalized spacial score (nSPS) is 19.4. The van der Waals surface area contributed by atoms with Gasteiger partial charge >= 0.3 is 5.97 Å². The number of aromatic nitrogens is 1. The summed E-state index contributed by atoms with van der Waals surface area (Å²) in [4.78, 5) is 19.6. The molecule has 0 amide bonds. The molecule has 5 nitrogen and oxygen atoms in total. The zero-order chi connectivity index (χ0) is 25.3. The molecule has 1 saturated heterocycles. The lowest BCUT2D eigenvalue weighted by atomic mass is 9.79. The number of likely N-dealkylation sites (tertiary alicyclic amines) is 1. The second kappa shape index (κ2) is 13.2. The standard InChI is InChI=1S/C29H37FN2O3S/c1-35-23-9-11-28-26(19-23)25(13-15-31-28)27(30)10-7-21-14-17-32(20-22(21)8-12-29(33)34)16-3-2-5-24-6-4-18-36-24/h4,6,9,11,13,15,18-19,21-22,27H,2-3,5,7-8,10,12,14,16-17,20H2,1H3,(H,33,34)/t21-,22-,27-/m1/s1. The molecular formula is C29H37FN2O3S. The van der Waals surface area contributed by atoms with Gasteiger partial charge in [-0.25, -0.2) is 4.39 Å². The second-order valence-corrected chi connectivity index (χ2v) is 10.9. The van der Waals surface area contributed by atoms with Gasteiger partial charge in [0.1, 0.15) is 11.9 Å². The number of benzene rings is 1. The first-order chi connectivity index (χ1) is 17.5. The average Bonchev–Trinajstić information content (AvgIpc) is 3.42. The van der Waals surface area contributed by atoms with Gasteiger partial charge in [-0.2, -0.15) is 0 Å². The van der Waals surface area contributed by atoms with Crippen LogP contribution in [0.15, 0.2) is 48.0 Å². The number of piperidine rings is 1. The Morgan fingerprint density at radius 2 is 2.14 bits per heavy atom. The first-order valence-corrected chi connectivity index (χ1v) is 13.9. The minimum absolute atomic E-state index is 0.182. The molecule has 4 rings (SSSR count). The molecule has 0 unspecified atom stereocenters. The first kappa shape index (κ1) is 26.6. The van der Waals surface area contributed by atoms with Gasteiger partial charge in [0.25, 0.3) is 0 Å². The van der Waals surface area contributed by atoms with Gasteiger partial charge in [0.15, 0.2) is 0 Å². The Hall–Kier alpha value is -2.51. The van der Waals surface area contributed by atoms with Crippen LogP contribution in [0, 0.1) is 11.8 Å². The Morgan fingerprint density at radius 1 is 1.25 bits per heavy atom. The van der Waals surface area contributed by atoms with Crippen LogP contribution in [0.25, 0.3) is 10.9 Å². The molecule has 3 atom stereocenters. The van der Waals surface area contributed by atoms with Crippen molar-refractivity contribution in [2.45, 2.75) is 57.5 Å². The largest absolute Gasteiger partial charge is 0.497 e. The monoisotopic (exact) mass is 512 g/mol. The molecule has 0 bridgehead atoms. The molecule has 1 fully saturated rings. The zero-order valence-corrected chi connectivity index (χ0v) is 21.9. The number of halogens is 1. The van der Waals surface area contributed by atoms with Crippen molar-refractivity contribution in [3.63, 3.8) is 0 Å². The molecule has 1 N–H and O–H groups in total. The van der Waals surface area contributed by atoms with Crippen LogP contribution in [0.4, 0.5) is 4.39 Å². The van der Waals surface area contributed by atoms with E-state index in [-0.39, 0.29) is 6.42 Å². The lowest BCUT2D eigenvalue weighted by Crippen LogP contribution is -2.41. The van der Waals surface area contributed by atoms with Gasteiger partial charge in [-0.1, -0.05) is 6.07 Å². The number of hydrogen-bond donors (Lipinski definition) is 1. The number of unbranched alkanes of at least 4 members (excludes halogenated alkanes) is 1. The molecule has 1 aromatic carbocycles. The molecule has 36 heavy (non-hydrogen) atoms. The van der Waals surface area contributed by atoms with E-state index in [2.05, 4.69) is 27.4 Å². The number of methoxy groups -OCH3 is 1. The molecule has 0 radical (unpaired) electrons. The number of carbonyl (C=O) groups is 1. The zero-order valence-electron chi connectivity index (χ0n) is 21.1. The van der Waals surface area contributed by atoms with Gasteiger partial charge < -0.3 is 14.7 Å². The van der Waals surface area contributed by atoms with Crippen LogP contribution in [0.5, 0.6) is 5.75 Å². The van der Waals surface area contributed by atoms with E-state index in [1.165, 1.54) is 11.3 Å². The number of fused-ring (bicyclic) bond motifs is 1. The first-order valence-electron chi connectivity index (χ1n) is 13.1. The smallest absolute Gasteiger partial charge is 0.303 e. The van der Waals surface area contributed by atoms with Crippen molar-refractivity contribution in [3.8, 4) is 5.75 Å². The summed E-state index contributed by atoms with van der Waals surface area (Å²) in [6, 6.07) is 11.6. The Kier molecular flexibility index (Phi) is 9.70. The number of pyridine rings is 1. The highest BCUT2D eigenvalue weighted by molar-refractivity contribution is 7.09. The van der Waals surface area contributed by atoms with Crippen molar-refractivity contribution in [1.29, 1.82) is 0 Å². The fourth-order valence-corrected chi connectivity index (χ4v) is 6.28. The highest BCUT2D eigenvalue weighted by atomic mass is 32.1. The maximum Gasteiger partial charge on any atom is 0.303 e. The molecule has 3 aromatic rings. The number of nitrogens with zero attached hydrogens (tertiary/aromatic N) is 2. The van der Waals surface area contributed by atoms with Crippen LogP contribution < -0.4 is 4.74 Å². The summed E-state index contributed by atoms with van der Waals surface area (Å²) in [5.41, 5.74) is 1.42. The van der Waals surface area contributed by atoms with Crippen molar-refractivity contribution in [3.05, 3.63) is 58.4 Å². The fraction of sp³-hybridized carbons (Fsp3) is 0.517. The van der Waals surface area contributed by atoms with E-state index in [4.69, 9.17) is 4.74 Å². The lowest BCUT2D eigenvalue weighted by Gasteiger charge is -2.39. The Labute approximate surface area is 217 Å². The maximum absolute atomic E-state index is 15.5. The summed E-state index contributed by atoms with van der Waals surface area (Å²) in [7, 11) is 1.61. The topological polar surface area (TPSA) is 62.7 Å². The molecule has 0 spiro atoms. The van der Waals surface area contributed by atoms with Crippen LogP contribution in [0.3, 0.4) is 0 Å². The quantitative estimate of drug-likeness (QED) is 0.252. The van der Waals surface area contributed by atoms with Gasteiger partial charge in [-0.3, -0.25) is 9.78 Å². The summed E-state index contributed by atoms with van der Waals surface area (Å²) >= 11 is 1.82. The molecule has 0 saturated carbocycles. The Bertz CT molecular complexity index is 1110. The van der Waals surface area contributed by atoms with Gasteiger partial charge in [0, 0.05) is 29.4 Å². The minimum atomic E-state index is -1.09. The highest BCUT2D eigenvalue weighted by Crippen LogP contribution is 2.36. The molecule has 0 aliphatic carbocycles. The summed E-state index contributed by atoms with van der Waals surface area (Å²) in [6.07, 6.45) is 7.10. The van der Waals surface area contributed by atoms with E-state index in [9.17, 15) is 9.90 Å². The molecule has 1 aliphatic heterocycles. The number of hydrogen-bond acceptors (Lipinski definition) is 5. The van der Waals surface area contributed by atoms with E-state index in [0.717, 1.165) is 56.2 Å². The SMILES string of the molecule is COc1ccc2nccc([C@H](F)CC[C@@H]3CCN(CCCCc4cccs4)C[C@H]3CCC(=O)O)c2c1. The Balaban J connectivity index is 1.33. The summed E-state index contributed by atoms with van der Waals surface area (Å²) in [5.74, 6) is 0.601. The third-order valence-corrected chi connectivity index (χ3v) is 8.48. The molecule has 2 aromatic heterocycles. The van der Waals surface area contributed by atoms with Crippen LogP contribution >= 0.6 is 11.3 Å². The van der Waals surface area contributed by atoms with Crippen molar-refractivity contribution in [2.24, 2.45) is 11.8 Å². The van der Waals surface area contributed by atoms with Gasteiger partial charge in [-0.05, 0) is 111 Å². The van der Waals surface area contributed by atoms with E-state index in [0.29, 0.717) is 36.0 Å². The summed E-state index contributed by atoms with van der Waals surface area (Å²) in [5, 5.41) is 12.2. The number of rotatable bonds is 13. The number of carboxylic acid groups (broad SMARTS) is 1. The van der Waals surface area contributed by atoms with Crippen molar-refractivity contribution >= 4 is 28.2 Å². The summed E-state index contributed by atoms with van der Waals surface area (Å²) in [6.45, 7) is 2.99. The van der Waals surface area contributed by atoms with E-state index < -0.39 is 12.1 Å². The average molecular weight is 513 g/mol. The van der Waals surface area contributed by atoms with Crippen molar-refractivity contribution < 1.29 is 19.0 Å². The number of aryl methyl sites for hydroxylation is 1. The number of thiophene rings is 1. The van der Waals surface area contributed by atoms with E-state index in [1.54, 1.807) is 19.4 Å². The third kappa shape index (κ3) is 7.26. The van der Waals surface area contributed by atoms with Crippen LogP contribution in [-0.2, 0) is 11.2 Å². The van der Waals surface area contributed by atoms with Gasteiger partial charge in [0.2, 0.25) is 0 Å². The number of aliphatic carboxylic acids is 1. The Morgan fingerprint density at radius 3 is 2.92 bits per heavy atom. The van der Waals surface area contributed by atoms with E-state index >= 15 is 4.39 Å². The molecule has 7 heteroatoms. The highest BCUT2D eigenvalue weighted by Gasteiger charge is 2.30. The summed E-state index contributed by atoms with van der Waals surface area (Å²) < 4.78 is 20.9. The van der Waals surface area contributed by atoms with Crippen LogP contribution in [0.2, 0.25) is 0 Å². The van der Waals surface area contributed by atoms with Gasteiger partial charge in [0.05, 0.1) is 12.6 Å². The number of alkyl halides is 1.